The maximum Gasteiger partial charge on any atom is 0.416 e. The van der Waals surface area contributed by atoms with Gasteiger partial charge in [0.2, 0.25) is 0 Å². The third kappa shape index (κ3) is 5.37. The van der Waals surface area contributed by atoms with Crippen LogP contribution in [0.1, 0.15) is 36.8 Å². The lowest BCUT2D eigenvalue weighted by Crippen LogP contribution is -2.46. The van der Waals surface area contributed by atoms with Crippen LogP contribution in [0.25, 0.3) is 0 Å². The van der Waals surface area contributed by atoms with Gasteiger partial charge in [0, 0.05) is 47.7 Å². The van der Waals surface area contributed by atoms with Crippen LogP contribution in [0, 0.1) is 0 Å². The van der Waals surface area contributed by atoms with Crippen molar-refractivity contribution in [2.24, 2.45) is 0 Å². The molecular weight excluding hydrogens is 453 g/mol. The number of anilines is 1. The highest BCUT2D eigenvalue weighted by Gasteiger charge is 2.46. The summed E-state index contributed by atoms with van der Waals surface area (Å²) in [4.78, 5) is 3.74. The molecule has 1 spiro atoms. The Labute approximate surface area is 181 Å². The Balaban J connectivity index is 1.82. The van der Waals surface area contributed by atoms with E-state index in [1.165, 1.54) is 17.7 Å². The van der Waals surface area contributed by atoms with E-state index in [1.807, 2.05) is 4.90 Å². The molecule has 168 valence electrons. The maximum absolute atomic E-state index is 13.3. The van der Waals surface area contributed by atoms with Gasteiger partial charge in [0.1, 0.15) is 0 Å². The van der Waals surface area contributed by atoms with Gasteiger partial charge in [-0.15, -0.1) is 0 Å². The van der Waals surface area contributed by atoms with E-state index in [-0.39, 0.29) is 6.54 Å². The first-order valence-corrected chi connectivity index (χ1v) is 10.5. The van der Waals surface area contributed by atoms with E-state index in [9.17, 15) is 26.3 Å². The standard InChI is InChI=1S/C20H22Cl2F6N2/c21-12-15(22)3-7-30-13-18(4-8-29(9-5-18)10-6-19(23,24)25)16-11-14(20(26,27)28)1-2-17(16)30/h1-2,11-12H,3-10,13H2/b15-12-. The summed E-state index contributed by atoms with van der Waals surface area (Å²) in [7, 11) is 0. The van der Waals surface area contributed by atoms with Crippen LogP contribution in [0.3, 0.4) is 0 Å². The number of nitrogens with zero attached hydrogens (tertiary/aromatic N) is 2. The Hall–Kier alpha value is -1.12. The Bertz CT molecular complexity index is 782. The summed E-state index contributed by atoms with van der Waals surface area (Å²) in [5.41, 5.74) is 1.40. The van der Waals surface area contributed by atoms with Crippen molar-refractivity contribution in [1.82, 2.24) is 4.90 Å². The molecule has 0 amide bonds. The Morgan fingerprint density at radius 1 is 1.07 bits per heavy atom. The van der Waals surface area contributed by atoms with E-state index in [0.717, 1.165) is 11.8 Å². The molecule has 1 aromatic carbocycles. The highest BCUT2D eigenvalue weighted by molar-refractivity contribution is 6.36. The number of fused-ring (bicyclic) bond motifs is 2. The fourth-order valence-corrected chi connectivity index (χ4v) is 4.56. The highest BCUT2D eigenvalue weighted by Crippen LogP contribution is 2.49. The first-order chi connectivity index (χ1) is 13.9. The van der Waals surface area contributed by atoms with Gasteiger partial charge in [0.25, 0.3) is 0 Å². The number of likely N-dealkylation sites (tertiary alicyclic amines) is 1. The molecule has 10 heteroatoms. The zero-order valence-corrected chi connectivity index (χ0v) is 17.6. The summed E-state index contributed by atoms with van der Waals surface area (Å²) in [6, 6.07) is 3.77. The SMILES string of the molecule is FC(F)(F)CCN1CCC2(CC1)CN(CC/C(Cl)=C/Cl)c1ccc(C(F)(F)F)cc12. The Morgan fingerprint density at radius 3 is 2.30 bits per heavy atom. The van der Waals surface area contributed by atoms with Crippen LogP contribution >= 0.6 is 23.2 Å². The van der Waals surface area contributed by atoms with E-state index in [4.69, 9.17) is 23.2 Å². The second kappa shape index (κ2) is 8.79. The molecule has 1 saturated heterocycles. The van der Waals surface area contributed by atoms with Crippen LogP contribution in [-0.2, 0) is 11.6 Å². The zero-order valence-electron chi connectivity index (χ0n) is 16.1. The van der Waals surface area contributed by atoms with E-state index in [0.29, 0.717) is 56.0 Å². The van der Waals surface area contributed by atoms with Gasteiger partial charge in [0.15, 0.2) is 0 Å². The van der Waals surface area contributed by atoms with Crippen molar-refractivity contribution < 1.29 is 26.3 Å². The van der Waals surface area contributed by atoms with Crippen LogP contribution in [0.2, 0.25) is 0 Å². The number of benzene rings is 1. The molecule has 30 heavy (non-hydrogen) atoms. The number of hydrogen-bond acceptors (Lipinski definition) is 2. The second-order valence-corrected chi connectivity index (χ2v) is 8.65. The predicted molar refractivity (Wildman–Crippen MR) is 106 cm³/mol. The quantitative estimate of drug-likeness (QED) is 0.448. The first-order valence-electron chi connectivity index (χ1n) is 9.64. The van der Waals surface area contributed by atoms with E-state index in [1.54, 1.807) is 4.90 Å². The van der Waals surface area contributed by atoms with Crippen molar-refractivity contribution in [3.63, 3.8) is 0 Å². The first kappa shape index (κ1) is 23.5. The third-order valence-electron chi connectivity index (χ3n) is 5.99. The largest absolute Gasteiger partial charge is 0.416 e. The smallest absolute Gasteiger partial charge is 0.370 e. The van der Waals surface area contributed by atoms with E-state index >= 15 is 0 Å². The van der Waals surface area contributed by atoms with Crippen molar-refractivity contribution in [1.29, 1.82) is 0 Å². The second-order valence-electron chi connectivity index (χ2n) is 7.94. The lowest BCUT2D eigenvalue weighted by atomic mass is 9.74. The molecule has 0 radical (unpaired) electrons. The summed E-state index contributed by atoms with van der Waals surface area (Å²) < 4.78 is 77.5. The van der Waals surface area contributed by atoms with Gasteiger partial charge in [-0.2, -0.15) is 26.3 Å². The van der Waals surface area contributed by atoms with Crippen LogP contribution in [0.5, 0.6) is 0 Å². The van der Waals surface area contributed by atoms with Crippen molar-refractivity contribution in [2.75, 3.05) is 37.6 Å². The lowest BCUT2D eigenvalue weighted by Gasteiger charge is -2.40. The normalized spacial score (nSPS) is 20.1. The van der Waals surface area contributed by atoms with Gasteiger partial charge in [-0.25, -0.2) is 0 Å². The van der Waals surface area contributed by atoms with Gasteiger partial charge < -0.3 is 9.80 Å². The molecule has 2 aliphatic rings. The molecular formula is C20H22Cl2F6N2. The maximum atomic E-state index is 13.3. The molecule has 0 saturated carbocycles. The summed E-state index contributed by atoms with van der Waals surface area (Å²) in [6.45, 7) is 1.77. The summed E-state index contributed by atoms with van der Waals surface area (Å²) in [5.74, 6) is 0. The third-order valence-corrected chi connectivity index (χ3v) is 6.67. The van der Waals surface area contributed by atoms with Crippen LogP contribution in [0.4, 0.5) is 32.0 Å². The molecule has 3 rings (SSSR count). The molecule has 1 aromatic rings. The van der Waals surface area contributed by atoms with Crippen molar-refractivity contribution >= 4 is 28.9 Å². The fourth-order valence-electron chi connectivity index (χ4n) is 4.36. The average molecular weight is 475 g/mol. The van der Waals surface area contributed by atoms with E-state index in [2.05, 4.69) is 0 Å². The molecule has 2 heterocycles. The Kier molecular flexibility index (Phi) is 6.90. The number of rotatable bonds is 5. The topological polar surface area (TPSA) is 6.48 Å². The number of halogens is 8. The molecule has 1 fully saturated rings. The minimum Gasteiger partial charge on any atom is -0.370 e. The Morgan fingerprint density at radius 2 is 1.73 bits per heavy atom. The zero-order chi connectivity index (χ0) is 22.2. The molecule has 2 nitrogen and oxygen atoms in total. The molecule has 0 atom stereocenters. The van der Waals surface area contributed by atoms with Crippen LogP contribution < -0.4 is 4.90 Å². The molecule has 0 aromatic heterocycles. The highest BCUT2D eigenvalue weighted by atomic mass is 35.5. The van der Waals surface area contributed by atoms with Gasteiger partial charge in [0.05, 0.1) is 12.0 Å². The molecule has 0 bridgehead atoms. The summed E-state index contributed by atoms with van der Waals surface area (Å²) >= 11 is 11.6. The van der Waals surface area contributed by atoms with Crippen molar-refractivity contribution in [3.05, 3.63) is 39.9 Å². The lowest BCUT2D eigenvalue weighted by molar-refractivity contribution is -0.138. The predicted octanol–water partition coefficient (Wildman–Crippen LogP) is 6.52. The van der Waals surface area contributed by atoms with Crippen molar-refractivity contribution in [3.8, 4) is 0 Å². The van der Waals surface area contributed by atoms with Crippen LogP contribution in [-0.4, -0.2) is 43.8 Å². The number of alkyl halides is 6. The van der Waals surface area contributed by atoms with Gasteiger partial charge in [-0.05, 0) is 49.7 Å². The molecule has 0 N–H and O–H groups in total. The molecule has 0 aliphatic carbocycles. The summed E-state index contributed by atoms with van der Waals surface area (Å²) in [5, 5.41) is 0.452. The number of piperidine rings is 1. The number of hydrogen-bond donors (Lipinski definition) is 0. The van der Waals surface area contributed by atoms with Gasteiger partial charge >= 0.3 is 12.4 Å². The fraction of sp³-hybridized carbons (Fsp3) is 0.600. The monoisotopic (exact) mass is 474 g/mol. The minimum absolute atomic E-state index is 0.0884. The minimum atomic E-state index is -4.46. The van der Waals surface area contributed by atoms with Gasteiger partial charge in [-0.3, -0.25) is 0 Å². The molecule has 0 unspecified atom stereocenters. The van der Waals surface area contributed by atoms with Gasteiger partial charge in [-0.1, -0.05) is 23.2 Å². The van der Waals surface area contributed by atoms with Crippen molar-refractivity contribution in [2.45, 2.75) is 43.5 Å². The summed E-state index contributed by atoms with van der Waals surface area (Å²) in [6.07, 6.45) is -8.09. The average Bonchev–Trinajstić information content (AvgIpc) is 2.97. The van der Waals surface area contributed by atoms with Crippen LogP contribution in [0.15, 0.2) is 28.8 Å². The van der Waals surface area contributed by atoms with E-state index < -0.39 is 29.8 Å². The molecule has 2 aliphatic heterocycles.